The summed E-state index contributed by atoms with van der Waals surface area (Å²) in [5.74, 6) is 1.08. The number of thiazole rings is 1. The highest BCUT2D eigenvalue weighted by Gasteiger charge is 2.17. The first-order chi connectivity index (χ1) is 11.8. The standard InChI is InChI=1S/C19H21N3S2/c20-19-21-17-7-10-22(11-8-18(17)24-19)9-3-5-15-13-23-12-14-4-1-2-6-16(14)15/h1-6,13H,7-12H2,(H2,20,21). The number of nitrogens with two attached hydrogens (primary N) is 1. The highest BCUT2D eigenvalue weighted by atomic mass is 32.2. The number of fused-ring (bicyclic) bond motifs is 2. The van der Waals surface area contributed by atoms with Crippen molar-refractivity contribution in [2.24, 2.45) is 0 Å². The minimum Gasteiger partial charge on any atom is -0.375 e. The average Bonchev–Trinajstić information content (AvgIpc) is 2.86. The van der Waals surface area contributed by atoms with Crippen molar-refractivity contribution >= 4 is 33.8 Å². The van der Waals surface area contributed by atoms with E-state index in [4.69, 9.17) is 5.73 Å². The van der Waals surface area contributed by atoms with Gasteiger partial charge in [0.25, 0.3) is 0 Å². The molecule has 4 rings (SSSR count). The molecular formula is C19H21N3S2. The number of thioether (sulfide) groups is 1. The molecule has 124 valence electrons. The van der Waals surface area contributed by atoms with Crippen molar-refractivity contribution in [3.05, 3.63) is 63.5 Å². The largest absolute Gasteiger partial charge is 0.375 e. The monoisotopic (exact) mass is 355 g/mol. The smallest absolute Gasteiger partial charge is 0.180 e. The zero-order chi connectivity index (χ0) is 16.4. The molecule has 3 heterocycles. The van der Waals surface area contributed by atoms with Crippen LogP contribution in [0.5, 0.6) is 0 Å². The molecule has 2 aliphatic heterocycles. The second-order valence-electron chi connectivity index (χ2n) is 6.17. The van der Waals surface area contributed by atoms with E-state index < -0.39 is 0 Å². The number of benzene rings is 1. The van der Waals surface area contributed by atoms with Crippen molar-refractivity contribution in [2.45, 2.75) is 18.6 Å². The molecule has 3 nitrogen and oxygen atoms in total. The molecule has 0 unspecified atom stereocenters. The number of rotatable bonds is 3. The Hall–Kier alpha value is -1.56. The van der Waals surface area contributed by atoms with Gasteiger partial charge in [0.1, 0.15) is 0 Å². The fourth-order valence-corrected chi connectivity index (χ4v) is 5.05. The van der Waals surface area contributed by atoms with Gasteiger partial charge in [-0.05, 0) is 28.5 Å². The minimum atomic E-state index is 0.716. The predicted molar refractivity (Wildman–Crippen MR) is 105 cm³/mol. The highest BCUT2D eigenvalue weighted by Crippen LogP contribution is 2.32. The van der Waals surface area contributed by atoms with Crippen molar-refractivity contribution in [1.29, 1.82) is 0 Å². The molecular weight excluding hydrogens is 334 g/mol. The lowest BCUT2D eigenvalue weighted by atomic mass is 10.0. The molecule has 2 N–H and O–H groups in total. The summed E-state index contributed by atoms with van der Waals surface area (Å²) >= 11 is 3.54. The molecule has 5 heteroatoms. The minimum absolute atomic E-state index is 0.716. The molecule has 1 aromatic carbocycles. The number of nitrogens with zero attached hydrogens (tertiary/aromatic N) is 2. The van der Waals surface area contributed by atoms with E-state index in [0.29, 0.717) is 5.13 Å². The molecule has 24 heavy (non-hydrogen) atoms. The average molecular weight is 356 g/mol. The van der Waals surface area contributed by atoms with Crippen molar-refractivity contribution < 1.29 is 0 Å². The summed E-state index contributed by atoms with van der Waals surface area (Å²) in [5, 5.41) is 3.00. The summed E-state index contributed by atoms with van der Waals surface area (Å²) in [6.45, 7) is 3.14. The third kappa shape index (κ3) is 3.43. The molecule has 0 radical (unpaired) electrons. The van der Waals surface area contributed by atoms with Gasteiger partial charge < -0.3 is 5.73 Å². The SMILES string of the molecule is Nc1nc2c(s1)CCN(CC=CC1=CSCc3ccccc31)CC2. The Morgan fingerprint density at radius 1 is 1.21 bits per heavy atom. The molecule has 0 saturated carbocycles. The van der Waals surface area contributed by atoms with E-state index in [1.54, 1.807) is 11.3 Å². The number of anilines is 1. The lowest BCUT2D eigenvalue weighted by Crippen LogP contribution is -2.26. The zero-order valence-corrected chi connectivity index (χ0v) is 15.2. The second-order valence-corrected chi connectivity index (χ2v) is 8.14. The number of hydrogen-bond donors (Lipinski definition) is 1. The first kappa shape index (κ1) is 15.9. The number of hydrogen-bond acceptors (Lipinski definition) is 5. The number of aromatic nitrogens is 1. The number of nitrogen functional groups attached to an aromatic ring is 1. The van der Waals surface area contributed by atoms with Crippen molar-refractivity contribution in [2.75, 3.05) is 25.4 Å². The van der Waals surface area contributed by atoms with Crippen LogP contribution in [0.2, 0.25) is 0 Å². The molecule has 0 amide bonds. The third-order valence-corrected chi connectivity index (χ3v) is 6.44. The summed E-state index contributed by atoms with van der Waals surface area (Å²) in [7, 11) is 0. The first-order valence-corrected chi connectivity index (χ1v) is 10.2. The van der Waals surface area contributed by atoms with Crippen LogP contribution in [0.15, 0.2) is 41.8 Å². The Kier molecular flexibility index (Phi) is 4.74. The van der Waals surface area contributed by atoms with E-state index in [9.17, 15) is 0 Å². The Bertz CT molecular complexity index is 766. The van der Waals surface area contributed by atoms with Gasteiger partial charge in [-0.1, -0.05) is 36.4 Å². The second kappa shape index (κ2) is 7.13. The maximum absolute atomic E-state index is 5.82. The molecule has 2 aliphatic rings. The molecule has 0 fully saturated rings. The van der Waals surface area contributed by atoms with Crippen LogP contribution < -0.4 is 5.73 Å². The molecule has 1 aromatic heterocycles. The van der Waals surface area contributed by atoms with Gasteiger partial charge in [0.2, 0.25) is 0 Å². The molecule has 0 saturated heterocycles. The van der Waals surface area contributed by atoms with Gasteiger partial charge in [-0.3, -0.25) is 4.90 Å². The third-order valence-electron chi connectivity index (χ3n) is 4.55. The highest BCUT2D eigenvalue weighted by molar-refractivity contribution is 8.01. The van der Waals surface area contributed by atoms with Crippen LogP contribution >= 0.6 is 23.1 Å². The van der Waals surface area contributed by atoms with Crippen molar-refractivity contribution in [1.82, 2.24) is 9.88 Å². The molecule has 0 atom stereocenters. The van der Waals surface area contributed by atoms with Crippen LogP contribution in [0, 0.1) is 0 Å². The fraction of sp³-hybridized carbons (Fsp3) is 0.316. The van der Waals surface area contributed by atoms with Crippen molar-refractivity contribution in [3.8, 4) is 0 Å². The van der Waals surface area contributed by atoms with E-state index in [2.05, 4.69) is 51.7 Å². The maximum Gasteiger partial charge on any atom is 0.180 e. The summed E-state index contributed by atoms with van der Waals surface area (Å²) < 4.78 is 0. The van der Waals surface area contributed by atoms with E-state index >= 15 is 0 Å². The van der Waals surface area contributed by atoms with Crippen molar-refractivity contribution in [3.63, 3.8) is 0 Å². The lowest BCUT2D eigenvalue weighted by Gasteiger charge is -2.18. The van der Waals surface area contributed by atoms with E-state index in [-0.39, 0.29) is 0 Å². The van der Waals surface area contributed by atoms with E-state index in [0.717, 1.165) is 38.2 Å². The maximum atomic E-state index is 5.82. The Balaban J connectivity index is 1.38. The summed E-state index contributed by atoms with van der Waals surface area (Å²) in [4.78, 5) is 8.34. The summed E-state index contributed by atoms with van der Waals surface area (Å²) in [6, 6.07) is 8.71. The summed E-state index contributed by atoms with van der Waals surface area (Å²) in [5.41, 5.74) is 11.2. The summed E-state index contributed by atoms with van der Waals surface area (Å²) in [6.07, 6.45) is 6.66. The van der Waals surface area contributed by atoms with E-state index in [1.807, 2.05) is 11.8 Å². The van der Waals surface area contributed by atoms with Crippen LogP contribution in [-0.4, -0.2) is 29.5 Å². The quantitative estimate of drug-likeness (QED) is 0.905. The Morgan fingerprint density at radius 3 is 3.04 bits per heavy atom. The van der Waals surface area contributed by atoms with Crippen LogP contribution in [0.4, 0.5) is 5.13 Å². The van der Waals surface area contributed by atoms with Gasteiger partial charge in [-0.15, -0.1) is 23.1 Å². The number of allylic oxidation sites excluding steroid dienone is 2. The molecule has 2 aromatic rings. The van der Waals surface area contributed by atoms with Gasteiger partial charge in [-0.25, -0.2) is 4.98 Å². The Morgan fingerprint density at radius 2 is 2.08 bits per heavy atom. The Labute approximate surface area is 151 Å². The first-order valence-electron chi connectivity index (χ1n) is 8.32. The lowest BCUT2D eigenvalue weighted by molar-refractivity contribution is 0.318. The van der Waals surface area contributed by atoms with E-state index in [1.165, 1.54) is 27.3 Å². The van der Waals surface area contributed by atoms with Crippen LogP contribution in [0.25, 0.3) is 5.57 Å². The van der Waals surface area contributed by atoms with Crippen LogP contribution in [-0.2, 0) is 18.6 Å². The predicted octanol–water partition coefficient (Wildman–Crippen LogP) is 3.97. The van der Waals surface area contributed by atoms with Gasteiger partial charge >= 0.3 is 0 Å². The molecule has 0 spiro atoms. The van der Waals surface area contributed by atoms with Gasteiger partial charge in [0.15, 0.2) is 5.13 Å². The zero-order valence-electron chi connectivity index (χ0n) is 13.6. The molecule has 0 bridgehead atoms. The fourth-order valence-electron chi connectivity index (χ4n) is 3.28. The van der Waals surface area contributed by atoms with Crippen LogP contribution in [0.1, 0.15) is 21.7 Å². The van der Waals surface area contributed by atoms with Gasteiger partial charge in [0.05, 0.1) is 5.69 Å². The topological polar surface area (TPSA) is 42.1 Å². The van der Waals surface area contributed by atoms with Gasteiger partial charge in [-0.2, -0.15) is 0 Å². The molecule has 0 aliphatic carbocycles. The van der Waals surface area contributed by atoms with Gasteiger partial charge in [0, 0.05) is 36.7 Å². The normalized spacial score (nSPS) is 18.1. The van der Waals surface area contributed by atoms with Crippen LogP contribution in [0.3, 0.4) is 0 Å².